The first-order chi connectivity index (χ1) is 9.79. The quantitative estimate of drug-likeness (QED) is 0.909. The van der Waals surface area contributed by atoms with Gasteiger partial charge in [0.15, 0.2) is 0 Å². The van der Waals surface area contributed by atoms with Gasteiger partial charge in [0, 0.05) is 19.3 Å². The number of carboxylic acid groups (broad SMARTS) is 1. The topological polar surface area (TPSA) is 70.5 Å². The number of nitrogens with zero attached hydrogens (tertiary/aromatic N) is 2. The van der Waals surface area contributed by atoms with Crippen LogP contribution in [0.1, 0.15) is 33.7 Å². The zero-order chi connectivity index (χ0) is 15.6. The van der Waals surface area contributed by atoms with Gasteiger partial charge in [0.25, 0.3) is 5.91 Å². The zero-order valence-corrected chi connectivity index (χ0v) is 10.9. The Balaban J connectivity index is 2.00. The molecule has 5 nitrogen and oxygen atoms in total. The van der Waals surface area contributed by atoms with Crippen molar-refractivity contribution in [3.8, 4) is 0 Å². The maximum atomic E-state index is 12.5. The average molecular weight is 302 g/mol. The first-order valence-electron chi connectivity index (χ1n) is 6.34. The number of hydrogen-bond donors (Lipinski definition) is 1. The lowest BCUT2D eigenvalue weighted by Gasteiger charge is -2.32. The zero-order valence-electron chi connectivity index (χ0n) is 10.9. The number of likely N-dealkylation sites (tertiary alicyclic amines) is 1. The number of hydrogen-bond acceptors (Lipinski definition) is 3. The van der Waals surface area contributed by atoms with Crippen molar-refractivity contribution in [3.63, 3.8) is 0 Å². The van der Waals surface area contributed by atoms with Crippen LogP contribution in [0.4, 0.5) is 13.2 Å². The molecule has 0 aromatic carbocycles. The Hall–Kier alpha value is -2.12. The Bertz CT molecular complexity index is 535. The van der Waals surface area contributed by atoms with Crippen LogP contribution in [0.15, 0.2) is 18.3 Å². The molecular weight excluding hydrogens is 289 g/mol. The summed E-state index contributed by atoms with van der Waals surface area (Å²) in [7, 11) is 0. The molecule has 1 N–H and O–H groups in total. The number of rotatable bonds is 2. The number of carbonyl (C=O) groups is 2. The molecule has 1 fully saturated rings. The standard InChI is InChI=1S/C13H13F3N2O3/c14-13(15,16)9-3-5-18(6-4-9)11(19)10-2-1-8(7-17-10)12(20)21/h1-2,7,9H,3-6H2,(H,20,21). The number of piperidine rings is 1. The van der Waals surface area contributed by atoms with Crippen LogP contribution in [-0.4, -0.2) is 46.1 Å². The van der Waals surface area contributed by atoms with Crippen molar-refractivity contribution in [1.82, 2.24) is 9.88 Å². The molecule has 0 aliphatic carbocycles. The fourth-order valence-electron chi connectivity index (χ4n) is 2.22. The minimum atomic E-state index is -4.23. The second-order valence-electron chi connectivity index (χ2n) is 4.85. The Kier molecular flexibility index (Phi) is 4.15. The van der Waals surface area contributed by atoms with Crippen molar-refractivity contribution in [2.75, 3.05) is 13.1 Å². The van der Waals surface area contributed by atoms with E-state index < -0.39 is 24.0 Å². The lowest BCUT2D eigenvalue weighted by molar-refractivity contribution is -0.183. The second kappa shape index (κ2) is 5.71. The summed E-state index contributed by atoms with van der Waals surface area (Å²) in [5, 5.41) is 8.73. The number of pyridine rings is 1. The Morgan fingerprint density at radius 3 is 2.29 bits per heavy atom. The molecule has 1 aliphatic heterocycles. The van der Waals surface area contributed by atoms with Crippen molar-refractivity contribution in [3.05, 3.63) is 29.6 Å². The largest absolute Gasteiger partial charge is 0.478 e. The van der Waals surface area contributed by atoms with Crippen molar-refractivity contribution in [1.29, 1.82) is 0 Å². The summed E-state index contributed by atoms with van der Waals surface area (Å²) in [6, 6.07) is 2.51. The van der Waals surface area contributed by atoms with E-state index >= 15 is 0 Å². The number of halogens is 3. The van der Waals surface area contributed by atoms with Crippen molar-refractivity contribution in [2.45, 2.75) is 19.0 Å². The lowest BCUT2D eigenvalue weighted by Crippen LogP contribution is -2.42. The number of carbonyl (C=O) groups excluding carboxylic acids is 1. The van der Waals surface area contributed by atoms with Crippen molar-refractivity contribution in [2.24, 2.45) is 5.92 Å². The van der Waals surface area contributed by atoms with E-state index in [0.29, 0.717) is 0 Å². The first-order valence-corrected chi connectivity index (χ1v) is 6.34. The summed E-state index contributed by atoms with van der Waals surface area (Å²) < 4.78 is 37.6. The van der Waals surface area contributed by atoms with Crippen LogP contribution >= 0.6 is 0 Å². The fraction of sp³-hybridized carbons (Fsp3) is 0.462. The number of carboxylic acids is 1. The maximum absolute atomic E-state index is 12.5. The molecule has 0 bridgehead atoms. The van der Waals surface area contributed by atoms with E-state index in [1.165, 1.54) is 17.0 Å². The van der Waals surface area contributed by atoms with Gasteiger partial charge in [-0.2, -0.15) is 13.2 Å². The number of aromatic nitrogens is 1. The van der Waals surface area contributed by atoms with Crippen LogP contribution < -0.4 is 0 Å². The van der Waals surface area contributed by atoms with E-state index in [4.69, 9.17) is 5.11 Å². The molecule has 1 saturated heterocycles. The SMILES string of the molecule is O=C(O)c1ccc(C(=O)N2CCC(C(F)(F)F)CC2)nc1. The van der Waals surface area contributed by atoms with Crippen molar-refractivity contribution >= 4 is 11.9 Å². The molecule has 0 radical (unpaired) electrons. The van der Waals surface area contributed by atoms with Crippen LogP contribution in [0.3, 0.4) is 0 Å². The lowest BCUT2D eigenvalue weighted by atomic mass is 9.96. The normalized spacial score (nSPS) is 16.8. The van der Waals surface area contributed by atoms with Gasteiger partial charge in [-0.3, -0.25) is 9.78 Å². The molecule has 2 rings (SSSR count). The number of aromatic carboxylic acids is 1. The van der Waals surface area contributed by atoms with Crippen LogP contribution in [0.2, 0.25) is 0 Å². The van der Waals surface area contributed by atoms with Crippen LogP contribution in [0, 0.1) is 5.92 Å². The third kappa shape index (κ3) is 3.50. The molecule has 21 heavy (non-hydrogen) atoms. The summed E-state index contributed by atoms with van der Waals surface area (Å²) in [6.45, 7) is 0.0384. The highest BCUT2D eigenvalue weighted by Crippen LogP contribution is 2.34. The van der Waals surface area contributed by atoms with Gasteiger partial charge >= 0.3 is 12.1 Å². The molecule has 0 spiro atoms. The number of alkyl halides is 3. The predicted molar refractivity (Wildman–Crippen MR) is 65.9 cm³/mol. The number of amides is 1. The van der Waals surface area contributed by atoms with Crippen LogP contribution in [0.5, 0.6) is 0 Å². The van der Waals surface area contributed by atoms with E-state index in [1.807, 2.05) is 0 Å². The fourth-order valence-corrected chi connectivity index (χ4v) is 2.22. The van der Waals surface area contributed by atoms with Crippen LogP contribution in [-0.2, 0) is 0 Å². The second-order valence-corrected chi connectivity index (χ2v) is 4.85. The summed E-state index contributed by atoms with van der Waals surface area (Å²) in [4.78, 5) is 27.8. The Morgan fingerprint density at radius 1 is 1.24 bits per heavy atom. The highest BCUT2D eigenvalue weighted by atomic mass is 19.4. The molecule has 2 heterocycles. The monoisotopic (exact) mass is 302 g/mol. The van der Waals surface area contributed by atoms with Crippen LogP contribution in [0.25, 0.3) is 0 Å². The molecule has 114 valence electrons. The van der Waals surface area contributed by atoms with Gasteiger partial charge in [-0.1, -0.05) is 0 Å². The van der Waals surface area contributed by atoms with E-state index in [-0.39, 0.29) is 37.2 Å². The average Bonchev–Trinajstić information content (AvgIpc) is 2.46. The third-order valence-electron chi connectivity index (χ3n) is 3.47. The molecule has 1 aromatic heterocycles. The summed E-state index contributed by atoms with van der Waals surface area (Å²) in [5.41, 5.74) is -0.0206. The van der Waals surface area contributed by atoms with Gasteiger partial charge in [-0.05, 0) is 25.0 Å². The maximum Gasteiger partial charge on any atom is 0.391 e. The predicted octanol–water partition coefficient (Wildman–Crippen LogP) is 2.19. The molecule has 0 unspecified atom stereocenters. The molecule has 0 saturated carbocycles. The van der Waals surface area contributed by atoms with Gasteiger partial charge in [-0.25, -0.2) is 4.79 Å². The molecule has 0 atom stereocenters. The van der Waals surface area contributed by atoms with Crippen molar-refractivity contribution < 1.29 is 27.9 Å². The Morgan fingerprint density at radius 2 is 1.86 bits per heavy atom. The third-order valence-corrected chi connectivity index (χ3v) is 3.47. The van der Waals surface area contributed by atoms with Gasteiger partial charge in [0.2, 0.25) is 0 Å². The Labute approximate surface area is 118 Å². The van der Waals surface area contributed by atoms with Gasteiger partial charge in [-0.15, -0.1) is 0 Å². The molecule has 1 amide bonds. The van der Waals surface area contributed by atoms with E-state index in [2.05, 4.69) is 4.98 Å². The van der Waals surface area contributed by atoms with E-state index in [0.717, 1.165) is 6.20 Å². The molecule has 1 aromatic rings. The van der Waals surface area contributed by atoms with E-state index in [9.17, 15) is 22.8 Å². The van der Waals surface area contributed by atoms with Gasteiger partial charge in [0.1, 0.15) is 5.69 Å². The molecular formula is C13H13F3N2O3. The highest BCUT2D eigenvalue weighted by Gasteiger charge is 2.41. The van der Waals surface area contributed by atoms with Gasteiger partial charge in [0.05, 0.1) is 11.5 Å². The smallest absolute Gasteiger partial charge is 0.391 e. The minimum absolute atomic E-state index is 0.0192. The highest BCUT2D eigenvalue weighted by molar-refractivity contribution is 5.93. The summed E-state index contributed by atoms with van der Waals surface area (Å²) >= 11 is 0. The summed E-state index contributed by atoms with van der Waals surface area (Å²) in [5.74, 6) is -3.01. The summed E-state index contributed by atoms with van der Waals surface area (Å²) in [6.07, 6.45) is -3.42. The molecule has 8 heteroatoms. The minimum Gasteiger partial charge on any atom is -0.478 e. The van der Waals surface area contributed by atoms with E-state index in [1.54, 1.807) is 0 Å². The molecule has 1 aliphatic rings. The first kappa shape index (κ1) is 15.3. The van der Waals surface area contributed by atoms with Gasteiger partial charge < -0.3 is 10.0 Å².